The Morgan fingerprint density at radius 3 is 2.45 bits per heavy atom. The highest BCUT2D eigenvalue weighted by Gasteiger charge is 2.26. The topological polar surface area (TPSA) is 49.7 Å². The molecule has 0 saturated carbocycles. The van der Waals surface area contributed by atoms with Crippen LogP contribution in [0, 0.1) is 0 Å². The fourth-order valence-corrected chi connectivity index (χ4v) is 2.78. The summed E-state index contributed by atoms with van der Waals surface area (Å²) in [6.07, 6.45) is 2.20. The first-order valence-corrected chi connectivity index (χ1v) is 7.45. The molecule has 2 rings (SSSR count). The lowest BCUT2D eigenvalue weighted by molar-refractivity contribution is -0.154. The van der Waals surface area contributed by atoms with Crippen molar-refractivity contribution >= 4 is 16.9 Å². The highest BCUT2D eigenvalue weighted by molar-refractivity contribution is 6.06. The SMILES string of the molecule is CCCCc1c(C(=O)OC)c2ccccc2n1C(OC)OC. The van der Waals surface area contributed by atoms with E-state index in [1.54, 1.807) is 14.2 Å². The predicted octanol–water partition coefficient (Wildman–Crippen LogP) is 3.52. The molecular formula is C17H23NO4. The molecule has 0 radical (unpaired) electrons. The molecule has 120 valence electrons. The normalized spacial score (nSPS) is 11.3. The molecule has 5 nitrogen and oxygen atoms in total. The summed E-state index contributed by atoms with van der Waals surface area (Å²) in [5, 5.41) is 0.861. The van der Waals surface area contributed by atoms with Gasteiger partial charge in [0.15, 0.2) is 0 Å². The van der Waals surface area contributed by atoms with Gasteiger partial charge >= 0.3 is 5.97 Å². The summed E-state index contributed by atoms with van der Waals surface area (Å²) >= 11 is 0. The fourth-order valence-electron chi connectivity index (χ4n) is 2.78. The molecule has 1 heterocycles. The molecule has 0 aliphatic carbocycles. The number of methoxy groups -OCH3 is 3. The van der Waals surface area contributed by atoms with Gasteiger partial charge in [0.2, 0.25) is 6.41 Å². The lowest BCUT2D eigenvalue weighted by Crippen LogP contribution is -2.17. The van der Waals surface area contributed by atoms with Crippen molar-refractivity contribution < 1.29 is 19.0 Å². The number of aromatic nitrogens is 1. The molecule has 0 fully saturated rings. The van der Waals surface area contributed by atoms with Crippen LogP contribution >= 0.6 is 0 Å². The number of hydrogen-bond donors (Lipinski definition) is 0. The first kappa shape index (κ1) is 16.5. The first-order chi connectivity index (χ1) is 10.7. The number of para-hydroxylation sites is 1. The van der Waals surface area contributed by atoms with Gasteiger partial charge in [-0.15, -0.1) is 0 Å². The van der Waals surface area contributed by atoms with Crippen LogP contribution in [-0.2, 0) is 20.6 Å². The zero-order valence-electron chi connectivity index (χ0n) is 13.6. The molecular weight excluding hydrogens is 282 g/mol. The van der Waals surface area contributed by atoms with E-state index in [9.17, 15) is 4.79 Å². The van der Waals surface area contributed by atoms with Gasteiger partial charge in [-0.05, 0) is 18.9 Å². The number of carbonyl (C=O) groups excluding carboxylic acids is 1. The average molecular weight is 305 g/mol. The van der Waals surface area contributed by atoms with Gasteiger partial charge in [-0.1, -0.05) is 31.5 Å². The van der Waals surface area contributed by atoms with Crippen LogP contribution < -0.4 is 0 Å². The Morgan fingerprint density at radius 1 is 1.18 bits per heavy atom. The van der Waals surface area contributed by atoms with Gasteiger partial charge in [-0.3, -0.25) is 4.57 Å². The van der Waals surface area contributed by atoms with Crippen molar-refractivity contribution in [3.63, 3.8) is 0 Å². The minimum absolute atomic E-state index is 0.327. The van der Waals surface area contributed by atoms with Gasteiger partial charge in [0.05, 0.1) is 18.2 Å². The molecule has 5 heteroatoms. The molecule has 0 saturated heterocycles. The van der Waals surface area contributed by atoms with E-state index in [-0.39, 0.29) is 5.97 Å². The molecule has 0 aliphatic rings. The molecule has 22 heavy (non-hydrogen) atoms. The monoisotopic (exact) mass is 305 g/mol. The number of unbranched alkanes of at least 4 members (excludes halogenated alkanes) is 1. The Morgan fingerprint density at radius 2 is 1.86 bits per heavy atom. The average Bonchev–Trinajstić information content (AvgIpc) is 2.88. The van der Waals surface area contributed by atoms with Crippen LogP contribution in [0.5, 0.6) is 0 Å². The number of hydrogen-bond acceptors (Lipinski definition) is 4. The van der Waals surface area contributed by atoms with E-state index in [4.69, 9.17) is 14.2 Å². The molecule has 1 aromatic carbocycles. The summed E-state index contributed by atoms with van der Waals surface area (Å²) in [6, 6.07) is 7.74. The third-order valence-corrected chi connectivity index (χ3v) is 3.78. The van der Waals surface area contributed by atoms with Crippen LogP contribution in [0.1, 0.15) is 42.2 Å². The summed E-state index contributed by atoms with van der Waals surface area (Å²) in [5.41, 5.74) is 2.40. The van der Waals surface area contributed by atoms with Crippen molar-refractivity contribution in [3.05, 3.63) is 35.5 Å². The van der Waals surface area contributed by atoms with Gasteiger partial charge in [-0.25, -0.2) is 4.79 Å². The van der Waals surface area contributed by atoms with Gasteiger partial charge < -0.3 is 14.2 Å². The summed E-state index contributed by atoms with van der Waals surface area (Å²) < 4.78 is 17.8. The van der Waals surface area contributed by atoms with E-state index in [0.717, 1.165) is 35.9 Å². The van der Waals surface area contributed by atoms with Gasteiger partial charge in [0.25, 0.3) is 0 Å². The second-order valence-corrected chi connectivity index (χ2v) is 5.08. The summed E-state index contributed by atoms with van der Waals surface area (Å²) in [5.74, 6) is -0.327. The Balaban J connectivity index is 2.75. The third-order valence-electron chi connectivity index (χ3n) is 3.78. The molecule has 0 spiro atoms. The second-order valence-electron chi connectivity index (χ2n) is 5.08. The molecule has 0 unspecified atom stereocenters. The van der Waals surface area contributed by atoms with Gasteiger partial charge in [0.1, 0.15) is 0 Å². The zero-order chi connectivity index (χ0) is 16.1. The minimum atomic E-state index is -0.574. The van der Waals surface area contributed by atoms with Crippen molar-refractivity contribution in [1.82, 2.24) is 4.57 Å². The van der Waals surface area contributed by atoms with Crippen molar-refractivity contribution in [2.75, 3.05) is 21.3 Å². The number of esters is 1. The molecule has 0 bridgehead atoms. The van der Waals surface area contributed by atoms with E-state index < -0.39 is 6.41 Å². The van der Waals surface area contributed by atoms with Crippen molar-refractivity contribution in [2.24, 2.45) is 0 Å². The number of ether oxygens (including phenoxy) is 3. The smallest absolute Gasteiger partial charge is 0.340 e. The van der Waals surface area contributed by atoms with Crippen LogP contribution in [0.2, 0.25) is 0 Å². The van der Waals surface area contributed by atoms with Crippen LogP contribution in [0.4, 0.5) is 0 Å². The third kappa shape index (κ3) is 2.87. The van der Waals surface area contributed by atoms with Crippen molar-refractivity contribution in [2.45, 2.75) is 32.6 Å². The largest absolute Gasteiger partial charge is 0.465 e. The van der Waals surface area contributed by atoms with E-state index in [2.05, 4.69) is 6.92 Å². The van der Waals surface area contributed by atoms with E-state index in [1.807, 2.05) is 28.8 Å². The molecule has 0 N–H and O–H groups in total. The Hall–Kier alpha value is -1.85. The number of nitrogens with zero attached hydrogens (tertiary/aromatic N) is 1. The van der Waals surface area contributed by atoms with Crippen LogP contribution in [-0.4, -0.2) is 31.9 Å². The molecule has 0 amide bonds. The Bertz CT molecular complexity index is 643. The van der Waals surface area contributed by atoms with Gasteiger partial charge in [0, 0.05) is 25.3 Å². The lowest BCUT2D eigenvalue weighted by Gasteiger charge is -2.20. The van der Waals surface area contributed by atoms with Crippen LogP contribution in [0.25, 0.3) is 10.9 Å². The van der Waals surface area contributed by atoms with Crippen LogP contribution in [0.15, 0.2) is 24.3 Å². The maximum Gasteiger partial charge on any atom is 0.340 e. The van der Waals surface area contributed by atoms with Crippen molar-refractivity contribution in [3.8, 4) is 0 Å². The maximum atomic E-state index is 12.3. The Labute approximate surface area is 130 Å². The predicted molar refractivity (Wildman–Crippen MR) is 84.9 cm³/mol. The number of rotatable bonds is 7. The number of benzene rings is 1. The summed E-state index contributed by atoms with van der Waals surface area (Å²) in [4.78, 5) is 12.3. The number of fused-ring (bicyclic) bond motifs is 1. The van der Waals surface area contributed by atoms with E-state index in [0.29, 0.717) is 5.56 Å². The number of carbonyl (C=O) groups is 1. The molecule has 2 aromatic rings. The van der Waals surface area contributed by atoms with E-state index in [1.165, 1.54) is 7.11 Å². The quantitative estimate of drug-likeness (QED) is 0.580. The highest BCUT2D eigenvalue weighted by Crippen LogP contribution is 2.31. The molecule has 0 aliphatic heterocycles. The molecule has 0 atom stereocenters. The zero-order valence-corrected chi connectivity index (χ0v) is 13.6. The minimum Gasteiger partial charge on any atom is -0.465 e. The van der Waals surface area contributed by atoms with E-state index >= 15 is 0 Å². The summed E-state index contributed by atoms with van der Waals surface area (Å²) in [6.45, 7) is 2.12. The standard InChI is InChI=1S/C17H23NO4/c1-5-6-10-14-15(16(19)20-2)12-9-7-8-11-13(12)18(14)17(21-3)22-4/h7-9,11,17H,5-6,10H2,1-4H3. The first-order valence-electron chi connectivity index (χ1n) is 7.45. The fraction of sp³-hybridized carbons (Fsp3) is 0.471. The van der Waals surface area contributed by atoms with Crippen LogP contribution in [0.3, 0.4) is 0 Å². The van der Waals surface area contributed by atoms with Gasteiger partial charge in [-0.2, -0.15) is 0 Å². The van der Waals surface area contributed by atoms with Crippen molar-refractivity contribution in [1.29, 1.82) is 0 Å². The summed E-state index contributed by atoms with van der Waals surface area (Å²) in [7, 11) is 4.58. The molecule has 1 aromatic heterocycles. The lowest BCUT2D eigenvalue weighted by atomic mass is 10.1. The maximum absolute atomic E-state index is 12.3. The highest BCUT2D eigenvalue weighted by atomic mass is 16.7. The Kier molecular flexibility index (Phi) is 5.57. The second kappa shape index (κ2) is 7.42.